The van der Waals surface area contributed by atoms with E-state index in [1.54, 1.807) is 0 Å². The second-order valence-electron chi connectivity index (χ2n) is 14.2. The van der Waals surface area contributed by atoms with Gasteiger partial charge in [0.2, 0.25) is 0 Å². The first kappa shape index (κ1) is 31.9. The predicted octanol–water partition coefficient (Wildman–Crippen LogP) is 13.3. The second-order valence-corrected chi connectivity index (χ2v) is 14.2. The Labute approximate surface area is 324 Å². The maximum Gasteiger partial charge on any atom is 0.161 e. The summed E-state index contributed by atoms with van der Waals surface area (Å²) in [5, 5.41) is 4.90. The highest BCUT2D eigenvalue weighted by atomic mass is 15.1. The molecule has 0 spiro atoms. The number of para-hydroxylation sites is 5. The lowest BCUT2D eigenvalue weighted by Crippen LogP contribution is -2.03. The highest BCUT2D eigenvalue weighted by molar-refractivity contribution is 6.12. The molecule has 0 fully saturated rings. The Kier molecular flexibility index (Phi) is 7.46. The summed E-state index contributed by atoms with van der Waals surface area (Å²) < 4.78 is 4.86. The van der Waals surface area contributed by atoms with Crippen LogP contribution in [-0.2, 0) is 0 Å². The number of hydrogen-bond donors (Lipinski definition) is 0. The van der Waals surface area contributed by atoms with E-state index in [-0.39, 0.29) is 0 Å². The Morgan fingerprint density at radius 1 is 0.286 bits per heavy atom. The zero-order valence-electron chi connectivity index (χ0n) is 30.4. The first-order valence-electron chi connectivity index (χ1n) is 19.0. The lowest BCUT2D eigenvalue weighted by molar-refractivity contribution is 1.10. The van der Waals surface area contributed by atoms with Crippen LogP contribution < -0.4 is 0 Å². The molecule has 4 nitrogen and oxygen atoms in total. The van der Waals surface area contributed by atoms with Gasteiger partial charge in [0.25, 0.3) is 0 Å². The van der Waals surface area contributed by atoms with Crippen molar-refractivity contribution in [2.45, 2.75) is 0 Å². The first-order chi connectivity index (χ1) is 27.8. The van der Waals surface area contributed by atoms with Crippen LogP contribution in [0.3, 0.4) is 0 Å². The van der Waals surface area contributed by atoms with Crippen LogP contribution in [0.1, 0.15) is 0 Å². The maximum atomic E-state index is 5.22. The fraction of sp³-hybridized carbons (Fsp3) is 0. The lowest BCUT2D eigenvalue weighted by Gasteiger charge is -2.17. The molecule has 0 amide bonds. The van der Waals surface area contributed by atoms with Crippen molar-refractivity contribution in [3.05, 3.63) is 206 Å². The molecule has 0 atom stereocenters. The summed E-state index contributed by atoms with van der Waals surface area (Å²) in [5.41, 5.74) is 13.9. The molecule has 0 aliphatic heterocycles. The average molecular weight is 715 g/mol. The zero-order valence-corrected chi connectivity index (χ0v) is 30.4. The number of nitrogens with zero attached hydrogens (tertiary/aromatic N) is 4. The number of aromatic nitrogens is 4. The third-order valence-corrected chi connectivity index (χ3v) is 11.0. The van der Waals surface area contributed by atoms with Crippen LogP contribution in [0.2, 0.25) is 0 Å². The Balaban J connectivity index is 1.14. The van der Waals surface area contributed by atoms with Gasteiger partial charge < -0.3 is 9.13 Å². The molecule has 0 bridgehead atoms. The molecule has 11 aromatic rings. The molecule has 3 heterocycles. The summed E-state index contributed by atoms with van der Waals surface area (Å²) in [7, 11) is 0. The summed E-state index contributed by atoms with van der Waals surface area (Å²) in [4.78, 5) is 10.4. The van der Waals surface area contributed by atoms with Gasteiger partial charge in [0.15, 0.2) is 5.82 Å². The fourth-order valence-corrected chi connectivity index (χ4v) is 8.43. The molecule has 0 aliphatic carbocycles. The van der Waals surface area contributed by atoms with Gasteiger partial charge >= 0.3 is 0 Å². The van der Waals surface area contributed by atoms with Crippen LogP contribution >= 0.6 is 0 Å². The zero-order chi connectivity index (χ0) is 37.0. The summed E-state index contributed by atoms with van der Waals surface area (Å²) in [6, 6.07) is 73.2. The van der Waals surface area contributed by atoms with Gasteiger partial charge in [-0.2, -0.15) is 0 Å². The Bertz CT molecular complexity index is 3140. The van der Waals surface area contributed by atoms with Gasteiger partial charge in [-0.05, 0) is 53.6 Å². The molecule has 3 aromatic heterocycles. The van der Waals surface area contributed by atoms with Crippen molar-refractivity contribution in [1.82, 2.24) is 19.1 Å². The summed E-state index contributed by atoms with van der Waals surface area (Å²) in [6.07, 6.45) is 0. The van der Waals surface area contributed by atoms with E-state index in [0.717, 1.165) is 61.6 Å². The normalized spacial score (nSPS) is 11.6. The quantitative estimate of drug-likeness (QED) is 0.172. The van der Waals surface area contributed by atoms with Gasteiger partial charge in [0.05, 0.1) is 44.8 Å². The van der Waals surface area contributed by atoms with Crippen molar-refractivity contribution < 1.29 is 0 Å². The summed E-state index contributed by atoms with van der Waals surface area (Å²) in [6.45, 7) is 0. The van der Waals surface area contributed by atoms with Crippen LogP contribution in [0, 0.1) is 0 Å². The fourth-order valence-electron chi connectivity index (χ4n) is 8.43. The third-order valence-electron chi connectivity index (χ3n) is 11.0. The molecule has 262 valence electrons. The standard InChI is InChI=1S/C52H34N4/c1-3-17-35(18-4-1)44-34-45(36-19-5-2-6-20-36)54-52(53-44)43-25-8-7-21-38(43)37-31-32-42-41-24-11-14-28-48(41)56(51(42)33-37)50-30-16-15-29-49(50)55-46-26-12-9-22-39(46)40-23-10-13-27-47(40)55/h1-34H. The largest absolute Gasteiger partial charge is 0.307 e. The summed E-state index contributed by atoms with van der Waals surface area (Å²) in [5.74, 6) is 0.693. The molecular formula is C52H34N4. The molecular weight excluding hydrogens is 681 g/mol. The van der Waals surface area contributed by atoms with E-state index < -0.39 is 0 Å². The second kappa shape index (κ2) is 13.1. The maximum absolute atomic E-state index is 5.22. The third kappa shape index (κ3) is 5.15. The minimum Gasteiger partial charge on any atom is -0.307 e. The van der Waals surface area contributed by atoms with Gasteiger partial charge in [-0.25, -0.2) is 9.97 Å². The number of rotatable bonds is 6. The van der Waals surface area contributed by atoms with E-state index in [9.17, 15) is 0 Å². The SMILES string of the molecule is c1ccc(-c2cc(-c3ccccc3)nc(-c3ccccc3-c3ccc4c5ccccc5n(-c5ccccc5-n5c6ccccc6c6ccccc65)c4c3)n2)cc1. The minimum absolute atomic E-state index is 0.693. The molecule has 0 aliphatic rings. The van der Waals surface area contributed by atoms with Crippen LogP contribution in [0.15, 0.2) is 206 Å². The summed E-state index contributed by atoms with van der Waals surface area (Å²) >= 11 is 0. The van der Waals surface area contributed by atoms with Crippen molar-refractivity contribution in [3.8, 4) is 56.4 Å². The Morgan fingerprint density at radius 2 is 0.696 bits per heavy atom. The van der Waals surface area contributed by atoms with E-state index in [0.29, 0.717) is 5.82 Å². The van der Waals surface area contributed by atoms with E-state index in [1.807, 2.05) is 12.1 Å². The van der Waals surface area contributed by atoms with E-state index in [2.05, 4.69) is 203 Å². The van der Waals surface area contributed by atoms with Crippen LogP contribution in [-0.4, -0.2) is 19.1 Å². The molecule has 11 rings (SSSR count). The van der Waals surface area contributed by atoms with Gasteiger partial charge in [0, 0.05) is 38.2 Å². The van der Waals surface area contributed by atoms with Gasteiger partial charge in [-0.1, -0.05) is 164 Å². The van der Waals surface area contributed by atoms with Crippen molar-refractivity contribution in [3.63, 3.8) is 0 Å². The highest BCUT2D eigenvalue weighted by Gasteiger charge is 2.20. The molecule has 8 aromatic carbocycles. The van der Waals surface area contributed by atoms with Crippen molar-refractivity contribution in [1.29, 1.82) is 0 Å². The molecule has 0 saturated heterocycles. The molecule has 56 heavy (non-hydrogen) atoms. The van der Waals surface area contributed by atoms with Gasteiger partial charge in [-0.15, -0.1) is 0 Å². The van der Waals surface area contributed by atoms with Crippen LogP contribution in [0.25, 0.3) is 100 Å². The van der Waals surface area contributed by atoms with E-state index in [1.165, 1.54) is 32.6 Å². The number of benzene rings is 8. The van der Waals surface area contributed by atoms with Gasteiger partial charge in [0.1, 0.15) is 0 Å². The van der Waals surface area contributed by atoms with E-state index in [4.69, 9.17) is 9.97 Å². The molecule has 4 heteroatoms. The van der Waals surface area contributed by atoms with Crippen LogP contribution in [0.5, 0.6) is 0 Å². The van der Waals surface area contributed by atoms with Crippen molar-refractivity contribution >= 4 is 43.6 Å². The predicted molar refractivity (Wildman–Crippen MR) is 232 cm³/mol. The first-order valence-corrected chi connectivity index (χ1v) is 19.0. The molecule has 0 unspecified atom stereocenters. The topological polar surface area (TPSA) is 35.6 Å². The highest BCUT2D eigenvalue weighted by Crippen LogP contribution is 2.41. The monoisotopic (exact) mass is 714 g/mol. The lowest BCUT2D eigenvalue weighted by atomic mass is 9.97. The van der Waals surface area contributed by atoms with E-state index >= 15 is 0 Å². The molecule has 0 radical (unpaired) electrons. The number of hydrogen-bond acceptors (Lipinski definition) is 2. The number of fused-ring (bicyclic) bond motifs is 6. The Hall–Kier alpha value is -7.56. The van der Waals surface area contributed by atoms with Crippen LogP contribution in [0.4, 0.5) is 0 Å². The molecule has 0 saturated carbocycles. The minimum atomic E-state index is 0.693. The van der Waals surface area contributed by atoms with Gasteiger partial charge in [-0.3, -0.25) is 0 Å². The Morgan fingerprint density at radius 3 is 1.23 bits per heavy atom. The average Bonchev–Trinajstić information content (AvgIpc) is 3.79. The smallest absolute Gasteiger partial charge is 0.161 e. The van der Waals surface area contributed by atoms with Crippen molar-refractivity contribution in [2.24, 2.45) is 0 Å². The van der Waals surface area contributed by atoms with Crippen molar-refractivity contribution in [2.75, 3.05) is 0 Å². The molecule has 0 N–H and O–H groups in total.